The average molecular weight is 309 g/mol. The third-order valence-corrected chi connectivity index (χ3v) is 3.52. The smallest absolute Gasteiger partial charge is 0.257 e. The van der Waals surface area contributed by atoms with Crippen molar-refractivity contribution >= 4 is 17.5 Å². The molecule has 0 saturated heterocycles. The summed E-state index contributed by atoms with van der Waals surface area (Å²) in [5.41, 5.74) is 2.50. The number of nitrogens with one attached hydrogen (secondary N) is 1. The molecule has 5 nitrogen and oxygen atoms in total. The zero-order valence-corrected chi connectivity index (χ0v) is 12.7. The lowest BCUT2D eigenvalue weighted by Gasteiger charge is -2.09. The van der Waals surface area contributed by atoms with E-state index in [2.05, 4.69) is 10.5 Å². The van der Waals surface area contributed by atoms with Gasteiger partial charge in [-0.1, -0.05) is 35.8 Å². The number of amides is 1. The normalized spacial score (nSPS) is 10.7. The maximum absolute atomic E-state index is 12.2. The van der Waals surface area contributed by atoms with E-state index < -0.39 is 0 Å². The third kappa shape index (κ3) is 3.09. The number of carbonyl (C=O) groups is 1. The molecule has 21 heavy (non-hydrogen) atoms. The van der Waals surface area contributed by atoms with Gasteiger partial charge in [-0.3, -0.25) is 4.79 Å². The first-order valence-electron chi connectivity index (χ1n) is 6.73. The van der Waals surface area contributed by atoms with Gasteiger partial charge in [0.05, 0.1) is 11.6 Å². The van der Waals surface area contributed by atoms with E-state index >= 15 is 0 Å². The number of aromatic nitrogens is 1. The molecule has 0 aliphatic rings. The minimum absolute atomic E-state index is 0.127. The largest absolute Gasteiger partial charge is 0.395 e. The van der Waals surface area contributed by atoms with Gasteiger partial charge in [0.2, 0.25) is 0 Å². The van der Waals surface area contributed by atoms with Crippen LogP contribution in [0.5, 0.6) is 0 Å². The summed E-state index contributed by atoms with van der Waals surface area (Å²) in [6, 6.07) is 5.57. The van der Waals surface area contributed by atoms with Crippen LogP contribution in [-0.2, 0) is 6.42 Å². The van der Waals surface area contributed by atoms with Crippen LogP contribution in [0.25, 0.3) is 11.3 Å². The molecule has 2 aromatic rings. The first kappa shape index (κ1) is 15.5. The predicted molar refractivity (Wildman–Crippen MR) is 80.5 cm³/mol. The van der Waals surface area contributed by atoms with Crippen molar-refractivity contribution in [3.8, 4) is 11.3 Å². The number of nitrogens with zero attached hydrogens (tertiary/aromatic N) is 1. The second kappa shape index (κ2) is 6.74. The van der Waals surface area contributed by atoms with E-state index in [1.165, 1.54) is 0 Å². The highest BCUT2D eigenvalue weighted by Gasteiger charge is 2.24. The van der Waals surface area contributed by atoms with Crippen LogP contribution < -0.4 is 5.32 Å². The number of halogens is 1. The number of aryl methyl sites for hydroxylation is 2. The molecule has 0 aliphatic carbocycles. The minimum atomic E-state index is -0.334. The third-order valence-electron chi connectivity index (χ3n) is 3.20. The van der Waals surface area contributed by atoms with Crippen LogP contribution in [0.15, 0.2) is 22.7 Å². The molecule has 0 atom stereocenters. The van der Waals surface area contributed by atoms with Gasteiger partial charge in [-0.15, -0.1) is 0 Å². The summed E-state index contributed by atoms with van der Waals surface area (Å²) >= 11 is 6.28. The van der Waals surface area contributed by atoms with Crippen LogP contribution in [0.3, 0.4) is 0 Å². The highest BCUT2D eigenvalue weighted by molar-refractivity contribution is 6.33. The average Bonchev–Trinajstić information content (AvgIpc) is 2.85. The fourth-order valence-electron chi connectivity index (χ4n) is 2.20. The Morgan fingerprint density at radius 2 is 2.24 bits per heavy atom. The summed E-state index contributed by atoms with van der Waals surface area (Å²) in [6.45, 7) is 3.73. The Hall–Kier alpha value is -1.85. The Morgan fingerprint density at radius 3 is 2.90 bits per heavy atom. The number of aliphatic hydroxyl groups excluding tert-OH is 1. The van der Waals surface area contributed by atoms with Crippen LogP contribution >= 0.6 is 11.6 Å². The zero-order valence-electron chi connectivity index (χ0n) is 11.9. The molecule has 1 heterocycles. The molecule has 0 bridgehead atoms. The fourth-order valence-corrected chi connectivity index (χ4v) is 2.48. The van der Waals surface area contributed by atoms with Gasteiger partial charge in [0.25, 0.3) is 5.91 Å². The van der Waals surface area contributed by atoms with Crippen molar-refractivity contribution in [3.05, 3.63) is 40.1 Å². The maximum atomic E-state index is 12.2. The quantitative estimate of drug-likeness (QED) is 0.890. The van der Waals surface area contributed by atoms with Crippen LogP contribution in [-0.4, -0.2) is 29.3 Å². The second-order valence-corrected chi connectivity index (χ2v) is 4.98. The van der Waals surface area contributed by atoms with Gasteiger partial charge in [0.15, 0.2) is 0 Å². The molecule has 0 unspecified atom stereocenters. The number of carbonyl (C=O) groups excluding carboxylic acids is 1. The Labute approximate surface area is 127 Å². The Kier molecular flexibility index (Phi) is 4.98. The standard InChI is InChI=1S/C15H17ClN2O3/c1-3-10-5-4-6-11(16)13(10)14-12(9(2)21-18-14)15(20)17-7-8-19/h4-6,19H,3,7-8H2,1-2H3,(H,17,20). The molecule has 2 rings (SSSR count). The summed E-state index contributed by atoms with van der Waals surface area (Å²) in [5.74, 6) is 0.0854. The number of hydrogen-bond acceptors (Lipinski definition) is 4. The summed E-state index contributed by atoms with van der Waals surface area (Å²) in [6.07, 6.45) is 0.763. The van der Waals surface area contributed by atoms with Crippen molar-refractivity contribution in [2.24, 2.45) is 0 Å². The summed E-state index contributed by atoms with van der Waals surface area (Å²) in [5, 5.41) is 16.0. The van der Waals surface area contributed by atoms with E-state index in [-0.39, 0.29) is 19.1 Å². The predicted octanol–water partition coefficient (Wildman–Crippen LogP) is 2.59. The molecule has 0 radical (unpaired) electrons. The monoisotopic (exact) mass is 308 g/mol. The molecule has 6 heteroatoms. The molecule has 0 saturated carbocycles. The molecule has 0 aliphatic heterocycles. The van der Waals surface area contributed by atoms with Gasteiger partial charge in [0.1, 0.15) is 17.0 Å². The summed E-state index contributed by atoms with van der Waals surface area (Å²) < 4.78 is 5.17. The van der Waals surface area contributed by atoms with Crippen LogP contribution in [0.2, 0.25) is 5.02 Å². The maximum Gasteiger partial charge on any atom is 0.257 e. The van der Waals surface area contributed by atoms with Gasteiger partial charge in [0, 0.05) is 12.1 Å². The molecule has 112 valence electrons. The molecular weight excluding hydrogens is 292 g/mol. The van der Waals surface area contributed by atoms with Gasteiger partial charge >= 0.3 is 0 Å². The molecule has 2 N–H and O–H groups in total. The number of hydrogen-bond donors (Lipinski definition) is 2. The van der Waals surface area contributed by atoms with Gasteiger partial charge in [-0.05, 0) is 25.0 Å². The molecule has 1 aromatic heterocycles. The van der Waals surface area contributed by atoms with E-state index in [1.807, 2.05) is 19.1 Å². The lowest BCUT2D eigenvalue weighted by Crippen LogP contribution is -2.27. The zero-order chi connectivity index (χ0) is 15.4. The lowest BCUT2D eigenvalue weighted by atomic mass is 9.98. The highest BCUT2D eigenvalue weighted by atomic mass is 35.5. The molecule has 1 aromatic carbocycles. The topological polar surface area (TPSA) is 75.4 Å². The Balaban J connectivity index is 2.54. The first-order chi connectivity index (χ1) is 10.1. The van der Waals surface area contributed by atoms with Crippen LogP contribution in [0.4, 0.5) is 0 Å². The van der Waals surface area contributed by atoms with Crippen molar-refractivity contribution in [3.63, 3.8) is 0 Å². The van der Waals surface area contributed by atoms with Crippen LogP contribution in [0.1, 0.15) is 28.6 Å². The van der Waals surface area contributed by atoms with E-state index in [0.717, 1.165) is 12.0 Å². The van der Waals surface area contributed by atoms with E-state index in [4.69, 9.17) is 21.2 Å². The van der Waals surface area contributed by atoms with Crippen molar-refractivity contribution in [2.75, 3.05) is 13.2 Å². The van der Waals surface area contributed by atoms with E-state index in [9.17, 15) is 4.79 Å². The summed E-state index contributed by atoms with van der Waals surface area (Å²) in [7, 11) is 0. The number of rotatable bonds is 5. The molecule has 0 spiro atoms. The Morgan fingerprint density at radius 1 is 1.48 bits per heavy atom. The molecule has 0 fully saturated rings. The minimum Gasteiger partial charge on any atom is -0.395 e. The van der Waals surface area contributed by atoms with E-state index in [1.54, 1.807) is 13.0 Å². The van der Waals surface area contributed by atoms with Crippen molar-refractivity contribution in [2.45, 2.75) is 20.3 Å². The van der Waals surface area contributed by atoms with Crippen molar-refractivity contribution < 1.29 is 14.4 Å². The fraction of sp³-hybridized carbons (Fsp3) is 0.333. The van der Waals surface area contributed by atoms with Gasteiger partial charge in [-0.25, -0.2) is 0 Å². The Bertz CT molecular complexity index is 652. The van der Waals surface area contributed by atoms with Crippen LogP contribution in [0, 0.1) is 6.92 Å². The SMILES string of the molecule is CCc1cccc(Cl)c1-c1noc(C)c1C(=O)NCCO. The molecular formula is C15H17ClN2O3. The first-order valence-corrected chi connectivity index (χ1v) is 7.11. The van der Waals surface area contributed by atoms with Gasteiger partial charge < -0.3 is 14.9 Å². The lowest BCUT2D eigenvalue weighted by molar-refractivity contribution is 0.0944. The van der Waals surface area contributed by atoms with Crippen molar-refractivity contribution in [1.82, 2.24) is 10.5 Å². The van der Waals surface area contributed by atoms with Crippen molar-refractivity contribution in [1.29, 1.82) is 0 Å². The number of benzene rings is 1. The number of aliphatic hydroxyl groups is 1. The second-order valence-electron chi connectivity index (χ2n) is 4.57. The highest BCUT2D eigenvalue weighted by Crippen LogP contribution is 2.34. The summed E-state index contributed by atoms with van der Waals surface area (Å²) in [4.78, 5) is 12.2. The molecule has 1 amide bonds. The van der Waals surface area contributed by atoms with Gasteiger partial charge in [-0.2, -0.15) is 0 Å². The van der Waals surface area contributed by atoms with E-state index in [0.29, 0.717) is 27.6 Å².